The number of hydrogen-bond acceptors (Lipinski definition) is 5. The van der Waals surface area contributed by atoms with Gasteiger partial charge in [-0.05, 0) is 11.6 Å². The Bertz CT molecular complexity index is 645. The fourth-order valence-corrected chi connectivity index (χ4v) is 1.62. The van der Waals surface area contributed by atoms with Crippen molar-refractivity contribution < 1.29 is 9.72 Å². The maximum atomic E-state index is 11.7. The Kier molecular flexibility index (Phi) is 4.21. The summed E-state index contributed by atoms with van der Waals surface area (Å²) in [6, 6.07) is 7.23. The molecule has 2 rings (SSSR count). The van der Waals surface area contributed by atoms with Gasteiger partial charge in [0, 0.05) is 18.3 Å². The third kappa shape index (κ3) is 3.72. The lowest BCUT2D eigenvalue weighted by Crippen LogP contribution is -2.16. The summed E-state index contributed by atoms with van der Waals surface area (Å²) in [7, 11) is 0. The summed E-state index contributed by atoms with van der Waals surface area (Å²) in [6.07, 6.45) is 1.49. The van der Waals surface area contributed by atoms with Crippen molar-refractivity contribution in [2.24, 2.45) is 0 Å². The first kappa shape index (κ1) is 13.9. The Morgan fingerprint density at radius 3 is 2.60 bits per heavy atom. The number of nitrogens with zero attached hydrogens (tertiary/aromatic N) is 3. The van der Waals surface area contributed by atoms with Crippen molar-refractivity contribution in [2.45, 2.75) is 6.42 Å². The predicted molar refractivity (Wildman–Crippen MR) is 72.5 cm³/mol. The van der Waals surface area contributed by atoms with E-state index in [0.717, 1.165) is 0 Å². The van der Waals surface area contributed by atoms with Crippen LogP contribution in [0.4, 0.5) is 11.6 Å². The van der Waals surface area contributed by atoms with E-state index < -0.39 is 4.92 Å². The maximum absolute atomic E-state index is 11.7. The first-order chi connectivity index (χ1) is 9.54. The van der Waals surface area contributed by atoms with Crippen molar-refractivity contribution in [3.63, 3.8) is 0 Å². The molecule has 0 spiro atoms. The third-order valence-electron chi connectivity index (χ3n) is 2.38. The Labute approximate surface area is 118 Å². The van der Waals surface area contributed by atoms with Gasteiger partial charge in [-0.25, -0.2) is 9.97 Å². The molecule has 20 heavy (non-hydrogen) atoms. The second kappa shape index (κ2) is 6.07. The second-order valence-electron chi connectivity index (χ2n) is 3.85. The lowest BCUT2D eigenvalue weighted by Gasteiger charge is -2.03. The molecule has 1 N–H and O–H groups in total. The van der Waals surface area contributed by atoms with Crippen LogP contribution < -0.4 is 5.32 Å². The van der Waals surface area contributed by atoms with Crippen molar-refractivity contribution in [3.05, 3.63) is 57.4 Å². The van der Waals surface area contributed by atoms with Crippen molar-refractivity contribution in [1.29, 1.82) is 0 Å². The van der Waals surface area contributed by atoms with Gasteiger partial charge in [0.15, 0.2) is 0 Å². The van der Waals surface area contributed by atoms with Gasteiger partial charge in [0.1, 0.15) is 5.15 Å². The van der Waals surface area contributed by atoms with E-state index >= 15 is 0 Å². The van der Waals surface area contributed by atoms with E-state index in [1.165, 1.54) is 36.5 Å². The van der Waals surface area contributed by atoms with Crippen LogP contribution in [0, 0.1) is 10.1 Å². The van der Waals surface area contributed by atoms with Crippen LogP contribution in [0.3, 0.4) is 0 Å². The predicted octanol–water partition coefficient (Wildman–Crippen LogP) is 2.22. The summed E-state index contributed by atoms with van der Waals surface area (Å²) in [5, 5.41) is 13.2. The molecule has 0 aliphatic carbocycles. The number of nitro groups is 1. The van der Waals surface area contributed by atoms with E-state index in [2.05, 4.69) is 15.3 Å². The van der Waals surface area contributed by atoms with Gasteiger partial charge in [-0.2, -0.15) is 0 Å². The summed E-state index contributed by atoms with van der Waals surface area (Å²) in [5.41, 5.74) is 0.627. The SMILES string of the molecule is O=C(Cc1ccc([N+](=O)[O-])cc1)Nc1nccc(Cl)n1. The summed E-state index contributed by atoms with van der Waals surface area (Å²) < 4.78 is 0. The smallest absolute Gasteiger partial charge is 0.269 e. The molecule has 0 radical (unpaired) electrons. The number of benzene rings is 1. The van der Waals surface area contributed by atoms with E-state index in [9.17, 15) is 14.9 Å². The third-order valence-corrected chi connectivity index (χ3v) is 2.60. The zero-order valence-electron chi connectivity index (χ0n) is 10.1. The van der Waals surface area contributed by atoms with Crippen LogP contribution in [0.1, 0.15) is 5.56 Å². The molecule has 0 aliphatic heterocycles. The molecular formula is C12H9ClN4O3. The van der Waals surface area contributed by atoms with Gasteiger partial charge in [0.25, 0.3) is 5.69 Å². The van der Waals surface area contributed by atoms with Crippen molar-refractivity contribution in [1.82, 2.24) is 9.97 Å². The number of amides is 1. The van der Waals surface area contributed by atoms with Gasteiger partial charge in [-0.1, -0.05) is 23.7 Å². The van der Waals surface area contributed by atoms with E-state index in [0.29, 0.717) is 5.56 Å². The molecule has 7 nitrogen and oxygen atoms in total. The van der Waals surface area contributed by atoms with Gasteiger partial charge < -0.3 is 0 Å². The van der Waals surface area contributed by atoms with Crippen LogP contribution in [0.25, 0.3) is 0 Å². The van der Waals surface area contributed by atoms with Crippen LogP contribution in [0.15, 0.2) is 36.5 Å². The molecule has 0 saturated heterocycles. The van der Waals surface area contributed by atoms with Crippen LogP contribution >= 0.6 is 11.6 Å². The average Bonchev–Trinajstić information content (AvgIpc) is 2.39. The number of nitrogens with one attached hydrogen (secondary N) is 1. The molecule has 0 aliphatic rings. The first-order valence-electron chi connectivity index (χ1n) is 5.56. The number of carbonyl (C=O) groups excluding carboxylic acids is 1. The van der Waals surface area contributed by atoms with Crippen molar-refractivity contribution >= 4 is 29.1 Å². The van der Waals surface area contributed by atoms with E-state index in [-0.39, 0.29) is 29.1 Å². The van der Waals surface area contributed by atoms with Gasteiger partial charge >= 0.3 is 0 Å². The van der Waals surface area contributed by atoms with Crippen LogP contribution in [0.5, 0.6) is 0 Å². The molecule has 0 fully saturated rings. The molecular weight excluding hydrogens is 284 g/mol. The summed E-state index contributed by atoms with van der Waals surface area (Å²) in [4.78, 5) is 29.4. The number of carbonyl (C=O) groups is 1. The van der Waals surface area contributed by atoms with E-state index in [1.54, 1.807) is 0 Å². The molecule has 8 heteroatoms. The summed E-state index contributed by atoms with van der Waals surface area (Å²) in [6.45, 7) is 0. The molecule has 1 aromatic carbocycles. The molecule has 0 atom stereocenters. The lowest BCUT2D eigenvalue weighted by atomic mass is 10.1. The molecule has 0 saturated carbocycles. The van der Waals surface area contributed by atoms with Gasteiger partial charge in [-0.3, -0.25) is 20.2 Å². The van der Waals surface area contributed by atoms with Gasteiger partial charge in [0.05, 0.1) is 11.3 Å². The Morgan fingerprint density at radius 1 is 1.30 bits per heavy atom. The minimum Gasteiger partial charge on any atom is -0.294 e. The largest absolute Gasteiger partial charge is 0.294 e. The number of rotatable bonds is 4. The number of non-ortho nitro benzene ring substituents is 1. The first-order valence-corrected chi connectivity index (χ1v) is 5.94. The zero-order valence-corrected chi connectivity index (χ0v) is 10.9. The van der Waals surface area contributed by atoms with Crippen LogP contribution in [-0.2, 0) is 11.2 Å². The van der Waals surface area contributed by atoms with Crippen molar-refractivity contribution in [2.75, 3.05) is 5.32 Å². The monoisotopic (exact) mass is 292 g/mol. The number of nitro benzene ring substituents is 1. The Balaban J connectivity index is 1.99. The number of hydrogen-bond donors (Lipinski definition) is 1. The number of anilines is 1. The minimum atomic E-state index is -0.496. The zero-order chi connectivity index (χ0) is 14.5. The number of aromatic nitrogens is 2. The molecule has 1 heterocycles. The molecule has 1 aromatic heterocycles. The fourth-order valence-electron chi connectivity index (χ4n) is 1.49. The average molecular weight is 293 g/mol. The highest BCUT2D eigenvalue weighted by Gasteiger charge is 2.08. The lowest BCUT2D eigenvalue weighted by molar-refractivity contribution is -0.384. The van der Waals surface area contributed by atoms with Gasteiger partial charge in [-0.15, -0.1) is 0 Å². The summed E-state index contributed by atoms with van der Waals surface area (Å²) in [5.74, 6) is -0.217. The molecule has 0 unspecified atom stereocenters. The molecule has 0 bridgehead atoms. The summed E-state index contributed by atoms with van der Waals surface area (Å²) >= 11 is 5.67. The topological polar surface area (TPSA) is 98.0 Å². The van der Waals surface area contributed by atoms with Gasteiger partial charge in [0.2, 0.25) is 11.9 Å². The normalized spacial score (nSPS) is 10.1. The minimum absolute atomic E-state index is 0.0210. The van der Waals surface area contributed by atoms with Crippen molar-refractivity contribution in [3.8, 4) is 0 Å². The standard InChI is InChI=1S/C12H9ClN4O3/c13-10-5-6-14-12(15-10)16-11(18)7-8-1-3-9(4-2-8)17(19)20/h1-6H,7H2,(H,14,15,16,18). The Morgan fingerprint density at radius 2 is 2.00 bits per heavy atom. The van der Waals surface area contributed by atoms with E-state index in [4.69, 9.17) is 11.6 Å². The maximum Gasteiger partial charge on any atom is 0.269 e. The molecule has 102 valence electrons. The molecule has 2 aromatic rings. The highest BCUT2D eigenvalue weighted by Crippen LogP contribution is 2.13. The van der Waals surface area contributed by atoms with Crippen LogP contribution in [0.2, 0.25) is 5.15 Å². The fraction of sp³-hybridized carbons (Fsp3) is 0.0833. The highest BCUT2D eigenvalue weighted by atomic mass is 35.5. The Hall–Kier alpha value is -2.54. The quantitative estimate of drug-likeness (QED) is 0.529. The number of halogens is 1. The van der Waals surface area contributed by atoms with E-state index in [1.807, 2.05) is 0 Å². The van der Waals surface area contributed by atoms with Crippen LogP contribution in [-0.4, -0.2) is 20.8 Å². The highest BCUT2D eigenvalue weighted by molar-refractivity contribution is 6.29. The molecule has 1 amide bonds. The second-order valence-corrected chi connectivity index (χ2v) is 4.24.